The first kappa shape index (κ1) is 36.8. The fourth-order valence-electron chi connectivity index (χ4n) is 5.90. The number of carbonyl (C=O) groups is 3. The van der Waals surface area contributed by atoms with Gasteiger partial charge in [-0.15, -0.1) is 0 Å². The van der Waals surface area contributed by atoms with E-state index in [1.54, 1.807) is 18.3 Å². The number of hydrogen-bond donors (Lipinski definition) is 4. The molecule has 3 amide bonds. The number of nitrogens with one attached hydrogen (secondary N) is 3. The number of aryl methyl sites for hydroxylation is 1. The van der Waals surface area contributed by atoms with Gasteiger partial charge >= 0.3 is 6.09 Å². The Morgan fingerprint density at radius 2 is 1.85 bits per heavy atom. The second-order valence-electron chi connectivity index (χ2n) is 13.6. The molecule has 0 bridgehead atoms. The van der Waals surface area contributed by atoms with E-state index in [1.165, 1.54) is 19.2 Å². The molecule has 14 heteroatoms. The molecule has 4 N–H and O–H groups in total. The summed E-state index contributed by atoms with van der Waals surface area (Å²) >= 11 is 0. The standard InChI is InChI=1S/C34H48FN5O7Si/c1-23-21-40(22-46-17-18-48(3,4)5)30-29(23)28(11-14-36-30)47-27-10-9-24(19-25(27)35)20-26(38-33(43)44)31(41)39-34(12-7-6-8-13-34)32(42)37-15-16-45-2/h9-11,14,19,21,26,38H,6-8,12-13,15-18,20,22H2,1-5H3,(H,37,42)(H,39,41)(H,43,44)/t26-/m0/s1. The lowest BCUT2D eigenvalue weighted by Gasteiger charge is -2.37. The van der Waals surface area contributed by atoms with Crippen molar-refractivity contribution >= 4 is 37.0 Å². The van der Waals surface area contributed by atoms with E-state index in [2.05, 4.69) is 40.6 Å². The van der Waals surface area contributed by atoms with E-state index in [0.29, 0.717) is 49.7 Å². The quantitative estimate of drug-likeness (QED) is 0.116. The number of hydrogen-bond acceptors (Lipinski definition) is 7. The van der Waals surface area contributed by atoms with Gasteiger partial charge in [0.2, 0.25) is 11.8 Å². The molecular weight excluding hydrogens is 637 g/mol. The van der Waals surface area contributed by atoms with Crippen molar-refractivity contribution < 1.29 is 38.1 Å². The number of benzene rings is 1. The fourth-order valence-corrected chi connectivity index (χ4v) is 6.65. The number of carboxylic acid groups (broad SMARTS) is 1. The number of methoxy groups -OCH3 is 1. The molecule has 1 aliphatic carbocycles. The van der Waals surface area contributed by atoms with Crippen LogP contribution in [0.4, 0.5) is 9.18 Å². The summed E-state index contributed by atoms with van der Waals surface area (Å²) in [5.41, 5.74) is 0.758. The van der Waals surface area contributed by atoms with Crippen LogP contribution in [0.5, 0.6) is 11.5 Å². The number of aromatic nitrogens is 2. The molecule has 0 spiro atoms. The van der Waals surface area contributed by atoms with Crippen LogP contribution in [0.25, 0.3) is 11.0 Å². The Morgan fingerprint density at radius 3 is 2.52 bits per heavy atom. The number of rotatable bonds is 16. The normalized spacial score (nSPS) is 15.1. The molecular formula is C34H48FN5O7Si. The van der Waals surface area contributed by atoms with E-state index in [4.69, 9.17) is 14.2 Å². The zero-order chi connectivity index (χ0) is 34.9. The molecule has 2 heterocycles. The lowest BCUT2D eigenvalue weighted by atomic mass is 9.80. The monoisotopic (exact) mass is 685 g/mol. The SMILES string of the molecule is COCCNC(=O)C1(NC(=O)[C@H](Cc2ccc(Oc3ccnc4c3c(C)cn4COCC[Si](C)(C)C)c(F)c2)NC(=O)O)CCCCC1. The lowest BCUT2D eigenvalue weighted by molar-refractivity contribution is -0.136. The summed E-state index contributed by atoms with van der Waals surface area (Å²) in [4.78, 5) is 42.8. The molecule has 1 aliphatic rings. The molecule has 0 radical (unpaired) electrons. The lowest BCUT2D eigenvalue weighted by Crippen LogP contribution is -2.63. The maximum Gasteiger partial charge on any atom is 0.405 e. The van der Waals surface area contributed by atoms with Crippen LogP contribution in [0.1, 0.15) is 43.2 Å². The number of amides is 3. The van der Waals surface area contributed by atoms with Gasteiger partial charge in [-0.2, -0.15) is 0 Å². The summed E-state index contributed by atoms with van der Waals surface area (Å²) in [5, 5.41) is 18.1. The topological polar surface area (TPSA) is 153 Å². The van der Waals surface area contributed by atoms with E-state index < -0.39 is 37.5 Å². The van der Waals surface area contributed by atoms with Gasteiger partial charge in [-0.05, 0) is 55.1 Å². The van der Waals surface area contributed by atoms with Gasteiger partial charge in [0.15, 0.2) is 11.6 Å². The molecule has 48 heavy (non-hydrogen) atoms. The van der Waals surface area contributed by atoms with Crippen LogP contribution >= 0.6 is 0 Å². The molecule has 0 unspecified atom stereocenters. The molecule has 12 nitrogen and oxygen atoms in total. The van der Waals surface area contributed by atoms with Crippen LogP contribution in [0, 0.1) is 12.7 Å². The molecule has 4 rings (SSSR count). The number of fused-ring (bicyclic) bond motifs is 1. The third kappa shape index (κ3) is 9.77. The van der Waals surface area contributed by atoms with E-state index in [0.717, 1.165) is 36.3 Å². The summed E-state index contributed by atoms with van der Waals surface area (Å²) in [7, 11) is 0.303. The van der Waals surface area contributed by atoms with Gasteiger partial charge in [0.05, 0.1) is 12.0 Å². The summed E-state index contributed by atoms with van der Waals surface area (Å²) in [6, 6.07) is 5.70. The Kier molecular flexibility index (Phi) is 12.6. The third-order valence-corrected chi connectivity index (χ3v) is 10.2. The number of carbonyl (C=O) groups excluding carboxylic acids is 2. The Morgan fingerprint density at radius 1 is 1.10 bits per heavy atom. The predicted molar refractivity (Wildman–Crippen MR) is 183 cm³/mol. The highest BCUT2D eigenvalue weighted by Crippen LogP contribution is 2.34. The molecule has 3 aromatic rings. The van der Waals surface area contributed by atoms with Gasteiger partial charge in [0.25, 0.3) is 0 Å². The number of nitrogens with zero attached hydrogens (tertiary/aromatic N) is 2. The van der Waals surface area contributed by atoms with Gasteiger partial charge in [0, 0.05) is 47.1 Å². The van der Waals surface area contributed by atoms with Gasteiger partial charge in [0.1, 0.15) is 29.7 Å². The number of halogens is 1. The smallest absolute Gasteiger partial charge is 0.405 e. The van der Waals surface area contributed by atoms with Crippen molar-refractivity contribution in [2.45, 2.75) is 89.4 Å². The second-order valence-corrected chi connectivity index (χ2v) is 19.2. The van der Waals surface area contributed by atoms with Gasteiger partial charge in [-0.25, -0.2) is 14.2 Å². The number of pyridine rings is 1. The summed E-state index contributed by atoms with van der Waals surface area (Å²) < 4.78 is 34.4. The first-order valence-corrected chi connectivity index (χ1v) is 20.1. The molecule has 1 aromatic carbocycles. The predicted octanol–water partition coefficient (Wildman–Crippen LogP) is 5.35. The van der Waals surface area contributed by atoms with Crippen LogP contribution in [-0.4, -0.2) is 79.1 Å². The summed E-state index contributed by atoms with van der Waals surface area (Å²) in [6.45, 7) is 10.4. The van der Waals surface area contributed by atoms with Crippen LogP contribution < -0.4 is 20.7 Å². The zero-order valence-corrected chi connectivity index (χ0v) is 29.5. The summed E-state index contributed by atoms with van der Waals surface area (Å²) in [6.07, 6.45) is 5.23. The molecule has 1 saturated carbocycles. The largest absolute Gasteiger partial charge is 0.465 e. The maximum absolute atomic E-state index is 15.5. The average molecular weight is 686 g/mol. The van der Waals surface area contributed by atoms with Crippen LogP contribution in [0.15, 0.2) is 36.7 Å². The van der Waals surface area contributed by atoms with Crippen molar-refractivity contribution in [2.75, 3.05) is 26.9 Å². The van der Waals surface area contributed by atoms with Crippen molar-refractivity contribution in [3.63, 3.8) is 0 Å². The molecule has 0 aliphatic heterocycles. The first-order chi connectivity index (χ1) is 22.8. The van der Waals surface area contributed by atoms with E-state index in [1.807, 2.05) is 17.7 Å². The van der Waals surface area contributed by atoms with E-state index >= 15 is 4.39 Å². The average Bonchev–Trinajstić information content (AvgIpc) is 3.36. The zero-order valence-electron chi connectivity index (χ0n) is 28.5. The van der Waals surface area contributed by atoms with E-state index in [-0.39, 0.29) is 24.6 Å². The van der Waals surface area contributed by atoms with Crippen molar-refractivity contribution in [3.8, 4) is 11.5 Å². The van der Waals surface area contributed by atoms with Gasteiger partial charge < -0.3 is 39.8 Å². The third-order valence-electron chi connectivity index (χ3n) is 8.50. The minimum Gasteiger partial charge on any atom is -0.465 e. The molecule has 1 fully saturated rings. The van der Waals surface area contributed by atoms with Crippen molar-refractivity contribution in [1.82, 2.24) is 25.5 Å². The second kappa shape index (κ2) is 16.4. The Labute approximate surface area is 281 Å². The summed E-state index contributed by atoms with van der Waals surface area (Å²) in [5.74, 6) is -1.28. The van der Waals surface area contributed by atoms with Crippen molar-refractivity contribution in [3.05, 3.63) is 53.6 Å². The minimum atomic E-state index is -1.41. The maximum atomic E-state index is 15.5. The Bertz CT molecular complexity index is 1590. The van der Waals surface area contributed by atoms with Crippen LogP contribution in [-0.2, 0) is 32.2 Å². The molecule has 0 saturated heterocycles. The molecule has 262 valence electrons. The van der Waals surface area contributed by atoms with Gasteiger partial charge in [-0.3, -0.25) is 9.59 Å². The first-order valence-electron chi connectivity index (χ1n) is 16.4. The van der Waals surface area contributed by atoms with Gasteiger partial charge in [-0.1, -0.05) is 45.0 Å². The fraction of sp³-hybridized carbons (Fsp3) is 0.529. The van der Waals surface area contributed by atoms with Crippen LogP contribution in [0.3, 0.4) is 0 Å². The minimum absolute atomic E-state index is 0.0362. The molecule has 2 aromatic heterocycles. The number of ether oxygens (including phenoxy) is 3. The highest BCUT2D eigenvalue weighted by atomic mass is 28.3. The highest BCUT2D eigenvalue weighted by molar-refractivity contribution is 6.76. The Hall–Kier alpha value is -4.01. The van der Waals surface area contributed by atoms with Crippen molar-refractivity contribution in [1.29, 1.82) is 0 Å². The highest BCUT2D eigenvalue weighted by Gasteiger charge is 2.42. The molecule has 1 atom stereocenters. The van der Waals surface area contributed by atoms with Crippen molar-refractivity contribution in [2.24, 2.45) is 0 Å². The van der Waals surface area contributed by atoms with E-state index in [9.17, 15) is 19.5 Å². The Balaban J connectivity index is 1.48. The van der Waals surface area contributed by atoms with Crippen LogP contribution in [0.2, 0.25) is 25.7 Å².